The van der Waals surface area contributed by atoms with Crippen LogP contribution >= 0.6 is 0 Å². The van der Waals surface area contributed by atoms with E-state index in [4.69, 9.17) is 167 Å². The van der Waals surface area contributed by atoms with Crippen molar-refractivity contribution in [1.29, 1.82) is 0 Å². The molecular formula is C62H111NO34. The van der Waals surface area contributed by atoms with Crippen molar-refractivity contribution in [3.63, 3.8) is 0 Å². The van der Waals surface area contributed by atoms with E-state index in [9.17, 15) is 0 Å². The molecule has 0 unspecified atom stereocenters. The monoisotopic (exact) mass is 1410 g/mol. The van der Waals surface area contributed by atoms with Gasteiger partial charge < -0.3 is 167 Å². The Bertz CT molecular complexity index is 2190. The number of ether oxygens (including phenoxy) is 34. The Morgan fingerprint density at radius 3 is 0.454 bits per heavy atom. The van der Waals surface area contributed by atoms with Crippen LogP contribution in [-0.2, 0) is 161 Å². The molecule has 0 aromatic heterocycles. The molecule has 0 radical (unpaired) electrons. The molecule has 0 aromatic carbocycles. The van der Waals surface area contributed by atoms with Crippen LogP contribution < -0.4 is 5.73 Å². The van der Waals surface area contributed by atoms with Gasteiger partial charge in [0.1, 0.15) is 165 Å². The van der Waals surface area contributed by atoms with Gasteiger partial charge in [-0.1, -0.05) is 0 Å². The SMILES string of the molecule is COC[C@H]1O[C@@H]2O[C@H]3[C@H](OC)[C@@H](OC)[C@@H](O[C@H]4[C@H](OC)[C@@H](OC)[C@@H](O[C@H]5[C@H](OC)[C@@H](OC)[C@@H](O[C@H]6[C@H](OC)[C@@H](OC)[C@@H](O[C@H]7[C@H](OC)[C@@H](OC)[C@@H](O[C@H]8[C@H](OC)[C@H](N)[C@@H](O[C@H]1[C@H](OC)[C@H]2OC)O[C@@H]8COC)O[C@@H]7COC)O[C@@H]6COC)O[C@@H]5COC)O[C@@H]4COC)O[C@@H]3COC. The summed E-state index contributed by atoms with van der Waals surface area (Å²) in [6.45, 7) is -0.275. The number of hydrogen-bond acceptors (Lipinski definition) is 35. The molecular weight excluding hydrogens is 1300 g/mol. The lowest BCUT2D eigenvalue weighted by molar-refractivity contribution is -0.402. The van der Waals surface area contributed by atoms with Crippen molar-refractivity contribution in [3.8, 4) is 0 Å². The van der Waals surface area contributed by atoms with Gasteiger partial charge in [0.25, 0.3) is 0 Å². The summed E-state index contributed by atoms with van der Waals surface area (Å²) in [5.41, 5.74) is 7.20. The molecule has 21 fully saturated rings. The highest BCUT2D eigenvalue weighted by molar-refractivity contribution is 5.04. The average Bonchev–Trinajstić information content (AvgIpc) is 0.776. The molecule has 0 aromatic rings. The van der Waals surface area contributed by atoms with Crippen LogP contribution in [0.25, 0.3) is 0 Å². The summed E-state index contributed by atoms with van der Waals surface area (Å²) in [5.74, 6) is 0. The van der Waals surface area contributed by atoms with Gasteiger partial charge in [0.05, 0.1) is 52.3 Å². The van der Waals surface area contributed by atoms with Gasteiger partial charge in [0.2, 0.25) is 0 Å². The quantitative estimate of drug-likeness (QED) is 0.0913. The van der Waals surface area contributed by atoms with E-state index in [1.165, 1.54) is 142 Å². The molecule has 14 bridgehead atoms. The molecule has 568 valence electrons. The summed E-state index contributed by atoms with van der Waals surface area (Å²) < 4.78 is 219. The van der Waals surface area contributed by atoms with E-state index < -0.39 is 215 Å². The van der Waals surface area contributed by atoms with Gasteiger partial charge in [-0.2, -0.15) is 0 Å². The highest BCUT2D eigenvalue weighted by Crippen LogP contribution is 2.43. The van der Waals surface area contributed by atoms with E-state index in [0.717, 1.165) is 0 Å². The highest BCUT2D eigenvalue weighted by Gasteiger charge is 2.62. The van der Waals surface area contributed by atoms with Crippen LogP contribution in [0.1, 0.15) is 0 Å². The van der Waals surface area contributed by atoms with Gasteiger partial charge in [0, 0.05) is 142 Å². The van der Waals surface area contributed by atoms with Crippen molar-refractivity contribution in [2.75, 3.05) is 188 Å². The number of nitrogens with two attached hydrogens (primary N) is 1. The standard InChI is InChI=1S/C62H111NO34/c1-64-21-28-36-43(71-8)35(63)56(84-28)91-37-29(22-65-2)85-58(50(78-15)44(37)72-9)93-39-31(24-67-4)87-60(52(80-17)46(39)74-11)95-41-33(26-69-6)89-62(54(82-19)48(41)76-13)97-42-34(27-70-7)90-61(55(83-20)49(42)77-14)96-40-32(25-68-5)88-59(53(81-18)47(40)75-12)94-38-30(23-66-3)86-57(92-36)51(79-16)45(38)73-10/h28-62H,21-27,63H2,1-20H3/t28-,29-,30-,31-,32-,33-,34-,35+,36-,37-,38-,39-,40-,41-,42-,43-,44+,45+,46+,47+,48+,49+,50-,51-,52-,53-,54-,55-,56-,57-,58-,59-,60-,61-,62-/m1/s1. The van der Waals surface area contributed by atoms with Crippen molar-refractivity contribution in [2.45, 2.75) is 215 Å². The van der Waals surface area contributed by atoms with E-state index in [0.29, 0.717) is 0 Å². The molecule has 0 amide bonds. The van der Waals surface area contributed by atoms with E-state index in [1.807, 2.05) is 0 Å². The van der Waals surface area contributed by atoms with Crippen LogP contribution in [0.3, 0.4) is 0 Å². The zero-order valence-corrected chi connectivity index (χ0v) is 59.6. The maximum atomic E-state index is 7.20. The van der Waals surface area contributed by atoms with E-state index in [1.54, 1.807) is 0 Å². The van der Waals surface area contributed by atoms with Crippen LogP contribution in [0, 0.1) is 0 Å². The fourth-order valence-electron chi connectivity index (χ4n) is 14.7. The fourth-order valence-corrected chi connectivity index (χ4v) is 14.7. The van der Waals surface area contributed by atoms with Crippen LogP contribution in [-0.4, -0.2) is 403 Å². The average molecular weight is 1410 g/mol. The van der Waals surface area contributed by atoms with Crippen LogP contribution in [0.15, 0.2) is 0 Å². The van der Waals surface area contributed by atoms with Crippen molar-refractivity contribution in [2.24, 2.45) is 5.73 Å². The third-order valence-electron chi connectivity index (χ3n) is 19.1. The summed E-state index contributed by atoms with van der Waals surface area (Å²) >= 11 is 0. The third kappa shape index (κ3) is 17.8. The molecule has 21 aliphatic heterocycles. The lowest BCUT2D eigenvalue weighted by Crippen LogP contribution is -2.70. The first kappa shape index (κ1) is 81.3. The first-order valence-electron chi connectivity index (χ1n) is 32.4. The van der Waals surface area contributed by atoms with Gasteiger partial charge in [-0.3, -0.25) is 0 Å². The van der Waals surface area contributed by atoms with Gasteiger partial charge in [-0.05, 0) is 0 Å². The van der Waals surface area contributed by atoms with Crippen LogP contribution in [0.5, 0.6) is 0 Å². The molecule has 0 aliphatic carbocycles. The minimum Gasteiger partial charge on any atom is -0.382 e. The molecule has 0 spiro atoms. The first-order chi connectivity index (χ1) is 47.1. The predicted molar refractivity (Wildman–Crippen MR) is 326 cm³/mol. The molecule has 21 saturated heterocycles. The van der Waals surface area contributed by atoms with Gasteiger partial charge in [0.15, 0.2) is 44.0 Å². The van der Waals surface area contributed by atoms with Gasteiger partial charge in [-0.25, -0.2) is 0 Å². The topological polar surface area (TPSA) is 340 Å². The minimum absolute atomic E-state index is 0.0382. The van der Waals surface area contributed by atoms with Gasteiger partial charge in [-0.15, -0.1) is 0 Å². The summed E-state index contributed by atoms with van der Waals surface area (Å²) in [4.78, 5) is 0. The summed E-state index contributed by atoms with van der Waals surface area (Å²) in [5, 5.41) is 0. The Morgan fingerprint density at radius 1 is 0.175 bits per heavy atom. The molecule has 35 atom stereocenters. The van der Waals surface area contributed by atoms with Gasteiger partial charge >= 0.3 is 0 Å². The van der Waals surface area contributed by atoms with E-state index in [2.05, 4.69) is 0 Å². The largest absolute Gasteiger partial charge is 0.382 e. The Hall–Kier alpha value is -1.40. The number of methoxy groups -OCH3 is 20. The Kier molecular flexibility index (Phi) is 33.2. The molecule has 97 heavy (non-hydrogen) atoms. The molecule has 0 saturated carbocycles. The lowest BCUT2D eigenvalue weighted by Gasteiger charge is -2.52. The Morgan fingerprint density at radius 2 is 0.309 bits per heavy atom. The van der Waals surface area contributed by atoms with E-state index in [-0.39, 0.29) is 46.2 Å². The summed E-state index contributed by atoms with van der Waals surface area (Å²) in [6.07, 6.45) is -34.9. The van der Waals surface area contributed by atoms with Crippen LogP contribution in [0.2, 0.25) is 0 Å². The van der Waals surface area contributed by atoms with Crippen molar-refractivity contribution in [3.05, 3.63) is 0 Å². The molecule has 21 aliphatic rings. The maximum absolute atomic E-state index is 7.20. The highest BCUT2D eigenvalue weighted by atomic mass is 16.8. The number of rotatable bonds is 27. The van der Waals surface area contributed by atoms with Crippen molar-refractivity contribution < 1.29 is 161 Å². The maximum Gasteiger partial charge on any atom is 0.187 e. The second kappa shape index (κ2) is 39.6. The number of hydrogen-bond donors (Lipinski definition) is 1. The zero-order chi connectivity index (χ0) is 70.2. The summed E-state index contributed by atoms with van der Waals surface area (Å²) in [7, 11) is 30.1. The Balaban J connectivity index is 1.23. The third-order valence-corrected chi connectivity index (χ3v) is 19.1. The van der Waals surface area contributed by atoms with Crippen molar-refractivity contribution >= 4 is 0 Å². The smallest absolute Gasteiger partial charge is 0.187 e. The molecule has 35 heteroatoms. The molecule has 21 heterocycles. The first-order valence-corrected chi connectivity index (χ1v) is 32.4. The molecule has 35 nitrogen and oxygen atoms in total. The second-order valence-electron chi connectivity index (χ2n) is 24.4. The molecule has 21 rings (SSSR count). The fraction of sp³-hybridized carbons (Fsp3) is 1.00. The van der Waals surface area contributed by atoms with Crippen LogP contribution in [0.4, 0.5) is 0 Å². The summed E-state index contributed by atoms with van der Waals surface area (Å²) in [6, 6.07) is -1.07. The second-order valence-corrected chi connectivity index (χ2v) is 24.4. The normalized spacial score (nSPS) is 46.4. The molecule has 2 N–H and O–H groups in total. The van der Waals surface area contributed by atoms with Crippen molar-refractivity contribution in [1.82, 2.24) is 0 Å². The zero-order valence-electron chi connectivity index (χ0n) is 59.6. The lowest BCUT2D eigenvalue weighted by atomic mass is 9.94. The minimum atomic E-state index is -1.23. The predicted octanol–water partition coefficient (Wildman–Crippen LogP) is -2.18. The van der Waals surface area contributed by atoms with E-state index >= 15 is 0 Å². The Labute approximate surface area is 568 Å².